The Kier molecular flexibility index (Phi) is 2.87. The highest BCUT2D eigenvalue weighted by Gasteiger charge is 2.13. The van der Waals surface area contributed by atoms with Gasteiger partial charge in [-0.05, 0) is 6.07 Å². The molecule has 0 radical (unpaired) electrons. The number of aromatic amines is 1. The number of carbonyl (C=O) groups is 1. The molecule has 86 valence electrons. The lowest BCUT2D eigenvalue weighted by atomic mass is 10.2. The summed E-state index contributed by atoms with van der Waals surface area (Å²) in [6.45, 7) is 0. The van der Waals surface area contributed by atoms with Gasteiger partial charge in [0.2, 0.25) is 0 Å². The zero-order valence-electron chi connectivity index (χ0n) is 8.90. The van der Waals surface area contributed by atoms with Gasteiger partial charge in [-0.2, -0.15) is 5.10 Å². The normalized spacial score (nSPS) is 11.4. The zero-order chi connectivity index (χ0) is 12.3. The summed E-state index contributed by atoms with van der Waals surface area (Å²) in [6, 6.07) is 7.30. The molecule has 1 heterocycles. The summed E-state index contributed by atoms with van der Waals surface area (Å²) in [5.74, 6) is -0.400. The third-order valence-corrected chi connectivity index (χ3v) is 2.28. The molecule has 2 rings (SSSR count). The monoisotopic (exact) mass is 229 g/mol. The first-order valence-corrected chi connectivity index (χ1v) is 4.93. The molecule has 0 bridgehead atoms. The minimum atomic E-state index is -0.400. The average molecular weight is 229 g/mol. The van der Waals surface area contributed by atoms with E-state index in [-0.39, 0.29) is 11.4 Å². The number of hydrogen-bond acceptors (Lipinski definition) is 4. The number of amides is 1. The lowest BCUT2D eigenvalue weighted by Gasteiger charge is -2.01. The van der Waals surface area contributed by atoms with E-state index in [4.69, 9.17) is 11.1 Å². The Labute approximate surface area is 97.0 Å². The number of allylic oxidation sites excluding steroid dienone is 1. The number of nitrogens with zero attached hydrogens (tertiary/aromatic N) is 1. The second-order valence-corrected chi connectivity index (χ2v) is 3.34. The van der Waals surface area contributed by atoms with Crippen molar-refractivity contribution in [2.45, 2.75) is 0 Å². The van der Waals surface area contributed by atoms with Gasteiger partial charge in [-0.1, -0.05) is 18.2 Å². The molecule has 0 unspecified atom stereocenters. The van der Waals surface area contributed by atoms with Crippen LogP contribution in [-0.2, 0) is 0 Å². The highest BCUT2D eigenvalue weighted by molar-refractivity contribution is 6.06. The molecule has 0 aliphatic rings. The number of carbonyl (C=O) groups excluding carboxylic acids is 1. The smallest absolute Gasteiger partial charge is 0.276 e. The van der Waals surface area contributed by atoms with Crippen LogP contribution in [0.2, 0.25) is 0 Å². The first-order valence-electron chi connectivity index (χ1n) is 4.93. The summed E-state index contributed by atoms with van der Waals surface area (Å²) in [5.41, 5.74) is 6.53. The van der Waals surface area contributed by atoms with E-state index in [2.05, 4.69) is 15.5 Å². The van der Waals surface area contributed by atoms with Gasteiger partial charge >= 0.3 is 0 Å². The maximum absolute atomic E-state index is 11.9. The highest BCUT2D eigenvalue weighted by Crippen LogP contribution is 2.14. The van der Waals surface area contributed by atoms with Crippen molar-refractivity contribution in [1.29, 1.82) is 5.41 Å². The Morgan fingerprint density at radius 2 is 2.24 bits per heavy atom. The van der Waals surface area contributed by atoms with Crippen molar-refractivity contribution in [1.82, 2.24) is 15.5 Å². The zero-order valence-corrected chi connectivity index (χ0v) is 8.90. The van der Waals surface area contributed by atoms with Crippen molar-refractivity contribution in [3.05, 3.63) is 41.9 Å². The number of benzene rings is 1. The lowest BCUT2D eigenvalue weighted by Crippen LogP contribution is -2.24. The number of fused-ring (bicyclic) bond motifs is 1. The van der Waals surface area contributed by atoms with E-state index in [0.29, 0.717) is 0 Å². The second kappa shape index (κ2) is 4.48. The highest BCUT2D eigenvalue weighted by atomic mass is 16.1. The Hall–Kier alpha value is -2.63. The maximum atomic E-state index is 11.9. The predicted octanol–water partition coefficient (Wildman–Crippen LogP) is 0.742. The summed E-state index contributed by atoms with van der Waals surface area (Å²) in [6.07, 6.45) is 2.12. The van der Waals surface area contributed by atoms with Crippen molar-refractivity contribution < 1.29 is 4.79 Å². The molecular formula is C11H11N5O. The molecule has 0 fully saturated rings. The van der Waals surface area contributed by atoms with Gasteiger partial charge in [0.15, 0.2) is 5.69 Å². The minimum Gasteiger partial charge on any atom is -0.403 e. The molecule has 0 spiro atoms. The Morgan fingerprint density at radius 3 is 2.94 bits per heavy atom. The summed E-state index contributed by atoms with van der Waals surface area (Å²) in [7, 11) is 0. The van der Waals surface area contributed by atoms with Crippen LogP contribution in [0.1, 0.15) is 10.5 Å². The molecule has 0 saturated heterocycles. The van der Waals surface area contributed by atoms with Crippen molar-refractivity contribution in [3.8, 4) is 0 Å². The standard InChI is InChI=1S/C11H11N5O/c12-5-7(6-13)14-11(17)10-8-3-1-2-4-9(8)15-16-10/h1-6,12H,13H2,(H,14,17)(H,15,16)/b7-6+,12-5?. The van der Waals surface area contributed by atoms with E-state index < -0.39 is 5.91 Å². The molecular weight excluding hydrogens is 218 g/mol. The van der Waals surface area contributed by atoms with E-state index in [1.165, 1.54) is 0 Å². The van der Waals surface area contributed by atoms with Gasteiger partial charge in [0, 0.05) is 17.8 Å². The summed E-state index contributed by atoms with van der Waals surface area (Å²) >= 11 is 0. The van der Waals surface area contributed by atoms with Gasteiger partial charge < -0.3 is 16.5 Å². The topological polar surface area (TPSA) is 108 Å². The summed E-state index contributed by atoms with van der Waals surface area (Å²) in [5, 5.41) is 16.9. The molecule has 6 heteroatoms. The van der Waals surface area contributed by atoms with Crippen LogP contribution in [0.15, 0.2) is 36.2 Å². The maximum Gasteiger partial charge on any atom is 0.276 e. The first kappa shape index (κ1) is 10.9. The average Bonchev–Trinajstić information content (AvgIpc) is 2.79. The minimum absolute atomic E-state index is 0.224. The number of nitrogens with one attached hydrogen (secondary N) is 3. The van der Waals surface area contributed by atoms with Crippen molar-refractivity contribution in [2.75, 3.05) is 0 Å². The Balaban J connectivity index is 2.34. The van der Waals surface area contributed by atoms with Crippen LogP contribution in [0.25, 0.3) is 10.9 Å². The van der Waals surface area contributed by atoms with Gasteiger partial charge in [0.25, 0.3) is 5.91 Å². The van der Waals surface area contributed by atoms with E-state index in [1.54, 1.807) is 6.07 Å². The predicted molar refractivity (Wildman–Crippen MR) is 64.6 cm³/mol. The quantitative estimate of drug-likeness (QED) is 0.583. The van der Waals surface area contributed by atoms with Crippen LogP contribution in [0, 0.1) is 5.41 Å². The number of hydrogen-bond donors (Lipinski definition) is 4. The summed E-state index contributed by atoms with van der Waals surface area (Å²) in [4.78, 5) is 11.9. The van der Waals surface area contributed by atoms with E-state index in [9.17, 15) is 4.79 Å². The number of nitrogens with two attached hydrogens (primary N) is 1. The number of rotatable bonds is 3. The number of aromatic nitrogens is 2. The molecule has 1 aromatic heterocycles. The largest absolute Gasteiger partial charge is 0.403 e. The third kappa shape index (κ3) is 2.00. The summed E-state index contributed by atoms with van der Waals surface area (Å²) < 4.78 is 0. The van der Waals surface area contributed by atoms with Crippen molar-refractivity contribution >= 4 is 23.0 Å². The first-order chi connectivity index (χ1) is 8.26. The molecule has 6 nitrogen and oxygen atoms in total. The van der Waals surface area contributed by atoms with E-state index in [1.807, 2.05) is 18.2 Å². The fourth-order valence-electron chi connectivity index (χ4n) is 1.45. The molecule has 0 saturated carbocycles. The Bertz CT molecular complexity index is 599. The van der Waals surface area contributed by atoms with Gasteiger partial charge in [-0.15, -0.1) is 0 Å². The third-order valence-electron chi connectivity index (χ3n) is 2.28. The van der Waals surface area contributed by atoms with Crippen LogP contribution < -0.4 is 11.1 Å². The molecule has 1 amide bonds. The van der Waals surface area contributed by atoms with Crippen LogP contribution in [0.3, 0.4) is 0 Å². The molecule has 1 aromatic carbocycles. The molecule has 5 N–H and O–H groups in total. The molecule has 0 atom stereocenters. The van der Waals surface area contributed by atoms with E-state index in [0.717, 1.165) is 23.3 Å². The van der Waals surface area contributed by atoms with E-state index >= 15 is 0 Å². The fourth-order valence-corrected chi connectivity index (χ4v) is 1.45. The SMILES string of the molecule is N=C/C(=C\N)NC(=O)c1n[nH]c2ccccc12. The van der Waals surface area contributed by atoms with Crippen LogP contribution in [0.5, 0.6) is 0 Å². The fraction of sp³-hybridized carbons (Fsp3) is 0. The molecule has 2 aromatic rings. The second-order valence-electron chi connectivity index (χ2n) is 3.34. The molecule has 17 heavy (non-hydrogen) atoms. The van der Waals surface area contributed by atoms with Crippen LogP contribution >= 0.6 is 0 Å². The van der Waals surface area contributed by atoms with Gasteiger partial charge in [-0.25, -0.2) is 0 Å². The van der Waals surface area contributed by atoms with Crippen LogP contribution in [0.4, 0.5) is 0 Å². The van der Waals surface area contributed by atoms with Crippen molar-refractivity contribution in [3.63, 3.8) is 0 Å². The van der Waals surface area contributed by atoms with Gasteiger partial charge in [0.1, 0.15) is 0 Å². The van der Waals surface area contributed by atoms with Crippen LogP contribution in [-0.4, -0.2) is 22.3 Å². The number of H-pyrrole nitrogens is 1. The Morgan fingerprint density at radius 1 is 1.47 bits per heavy atom. The molecule has 0 aliphatic heterocycles. The van der Waals surface area contributed by atoms with Crippen molar-refractivity contribution in [2.24, 2.45) is 5.73 Å². The van der Waals surface area contributed by atoms with Gasteiger partial charge in [0.05, 0.1) is 11.2 Å². The number of para-hydroxylation sites is 1. The lowest BCUT2D eigenvalue weighted by molar-refractivity contribution is 0.0964. The molecule has 0 aliphatic carbocycles. The van der Waals surface area contributed by atoms with Gasteiger partial charge in [-0.3, -0.25) is 9.89 Å².